The molecule has 20 heavy (non-hydrogen) atoms. The first kappa shape index (κ1) is 12.2. The monoisotopic (exact) mass is 272 g/mol. The molecule has 2 saturated heterocycles. The molecule has 2 saturated carbocycles. The number of H-pyrrole nitrogens is 1. The number of rotatable bonds is 1. The lowest BCUT2D eigenvalue weighted by molar-refractivity contribution is 0.0632. The van der Waals surface area contributed by atoms with Gasteiger partial charge in [-0.25, -0.2) is 0 Å². The predicted molar refractivity (Wildman–Crippen MR) is 75.4 cm³/mol. The van der Waals surface area contributed by atoms with Crippen LogP contribution in [-0.4, -0.2) is 28.4 Å². The van der Waals surface area contributed by atoms with E-state index in [4.69, 9.17) is 0 Å². The summed E-state index contributed by atoms with van der Waals surface area (Å²) in [5, 5.41) is 0. The van der Waals surface area contributed by atoms with Gasteiger partial charge in [-0.05, 0) is 55.9 Å². The SMILES string of the molecule is O=C(c1ccc(=O)[nH]c1)N1CC2CC3CC(C2)CC1C3. The molecule has 2 aliphatic heterocycles. The molecular formula is C16H20N2O2. The summed E-state index contributed by atoms with van der Waals surface area (Å²) < 4.78 is 0. The fourth-order valence-electron chi connectivity index (χ4n) is 4.74. The minimum atomic E-state index is -0.155. The second-order valence-electron chi connectivity index (χ2n) is 6.83. The summed E-state index contributed by atoms with van der Waals surface area (Å²) in [7, 11) is 0. The normalized spacial score (nSPS) is 35.1. The molecule has 1 aromatic rings. The van der Waals surface area contributed by atoms with Gasteiger partial charge in [0.05, 0.1) is 5.56 Å². The van der Waals surface area contributed by atoms with E-state index in [1.807, 2.05) is 0 Å². The van der Waals surface area contributed by atoms with Gasteiger partial charge in [-0.15, -0.1) is 0 Å². The summed E-state index contributed by atoms with van der Waals surface area (Å²) in [5.41, 5.74) is 0.461. The van der Waals surface area contributed by atoms with Crippen molar-refractivity contribution >= 4 is 5.91 Å². The number of pyridine rings is 1. The molecule has 4 aliphatic rings. The number of carbonyl (C=O) groups excluding carboxylic acids is 1. The molecule has 0 radical (unpaired) electrons. The highest BCUT2D eigenvalue weighted by molar-refractivity contribution is 5.94. The van der Waals surface area contributed by atoms with Crippen LogP contribution in [0.2, 0.25) is 0 Å². The van der Waals surface area contributed by atoms with Gasteiger partial charge in [0, 0.05) is 24.8 Å². The lowest BCUT2D eigenvalue weighted by Crippen LogP contribution is -2.42. The highest BCUT2D eigenvalue weighted by Crippen LogP contribution is 2.47. The number of carbonyl (C=O) groups is 1. The maximum atomic E-state index is 12.7. The van der Waals surface area contributed by atoms with E-state index in [2.05, 4.69) is 9.88 Å². The van der Waals surface area contributed by atoms with Gasteiger partial charge in [-0.2, -0.15) is 0 Å². The van der Waals surface area contributed by atoms with E-state index in [9.17, 15) is 9.59 Å². The molecule has 4 heteroatoms. The van der Waals surface area contributed by atoms with Crippen molar-refractivity contribution in [1.29, 1.82) is 0 Å². The van der Waals surface area contributed by atoms with Gasteiger partial charge in [-0.1, -0.05) is 0 Å². The molecule has 4 fully saturated rings. The summed E-state index contributed by atoms with van der Waals surface area (Å²) in [6.07, 6.45) is 7.92. The zero-order valence-corrected chi connectivity index (χ0v) is 11.5. The van der Waals surface area contributed by atoms with Crippen LogP contribution < -0.4 is 5.56 Å². The van der Waals surface area contributed by atoms with Gasteiger partial charge in [0.25, 0.3) is 5.91 Å². The van der Waals surface area contributed by atoms with E-state index >= 15 is 0 Å². The third-order valence-electron chi connectivity index (χ3n) is 5.40. The van der Waals surface area contributed by atoms with Crippen molar-refractivity contribution in [2.75, 3.05) is 6.54 Å². The third-order valence-corrected chi connectivity index (χ3v) is 5.40. The van der Waals surface area contributed by atoms with Crippen LogP contribution in [0.3, 0.4) is 0 Å². The number of hydrogen-bond acceptors (Lipinski definition) is 2. The lowest BCUT2D eigenvalue weighted by atomic mass is 9.68. The average Bonchev–Trinajstić information content (AvgIpc) is 2.63. The number of nitrogens with zero attached hydrogens (tertiary/aromatic N) is 1. The molecule has 4 nitrogen and oxygen atoms in total. The van der Waals surface area contributed by atoms with Crippen LogP contribution in [0.5, 0.6) is 0 Å². The fourth-order valence-corrected chi connectivity index (χ4v) is 4.74. The van der Waals surface area contributed by atoms with Crippen LogP contribution in [0.1, 0.15) is 42.5 Å². The number of fused-ring (bicyclic) bond motifs is 1. The molecule has 2 unspecified atom stereocenters. The topological polar surface area (TPSA) is 53.2 Å². The van der Waals surface area contributed by atoms with Crippen LogP contribution in [0.15, 0.2) is 23.1 Å². The van der Waals surface area contributed by atoms with E-state index in [0.29, 0.717) is 17.5 Å². The Morgan fingerprint density at radius 3 is 2.40 bits per heavy atom. The summed E-state index contributed by atoms with van der Waals surface area (Å²) in [6.45, 7) is 0.912. The minimum absolute atomic E-state index is 0.0967. The zero-order valence-electron chi connectivity index (χ0n) is 11.5. The van der Waals surface area contributed by atoms with Gasteiger partial charge < -0.3 is 9.88 Å². The Kier molecular flexibility index (Phi) is 2.72. The van der Waals surface area contributed by atoms with Crippen molar-refractivity contribution < 1.29 is 4.79 Å². The van der Waals surface area contributed by atoms with Crippen LogP contribution in [0.4, 0.5) is 0 Å². The standard InChI is InChI=1S/C16H20N2O2/c19-15-2-1-13(8-17-15)16(20)18-9-12-4-10-3-11(5-12)7-14(18)6-10/h1-2,8,10-12,14H,3-7,9H2,(H,17,19). The predicted octanol–water partition coefficient (Wildman–Crippen LogP) is 2.03. The summed E-state index contributed by atoms with van der Waals surface area (Å²) in [6, 6.07) is 3.51. The van der Waals surface area contributed by atoms with Crippen LogP contribution >= 0.6 is 0 Å². The van der Waals surface area contributed by atoms with E-state index in [1.165, 1.54) is 38.2 Å². The lowest BCUT2D eigenvalue weighted by Gasteiger charge is -2.39. The fraction of sp³-hybridized carbons (Fsp3) is 0.625. The van der Waals surface area contributed by atoms with Crippen molar-refractivity contribution in [3.63, 3.8) is 0 Å². The van der Waals surface area contributed by atoms with Gasteiger partial charge in [0.1, 0.15) is 0 Å². The number of hydrogen-bond donors (Lipinski definition) is 1. The van der Waals surface area contributed by atoms with Crippen molar-refractivity contribution in [1.82, 2.24) is 9.88 Å². The number of aromatic amines is 1. The molecule has 106 valence electrons. The molecule has 0 spiro atoms. The average molecular weight is 272 g/mol. The highest BCUT2D eigenvalue weighted by Gasteiger charge is 2.44. The summed E-state index contributed by atoms with van der Waals surface area (Å²) >= 11 is 0. The van der Waals surface area contributed by atoms with Crippen molar-refractivity contribution in [3.05, 3.63) is 34.2 Å². The molecule has 1 aromatic heterocycles. The van der Waals surface area contributed by atoms with E-state index < -0.39 is 0 Å². The number of amides is 1. The van der Waals surface area contributed by atoms with Crippen LogP contribution in [-0.2, 0) is 0 Å². The first-order valence-corrected chi connectivity index (χ1v) is 7.69. The summed E-state index contributed by atoms with van der Waals surface area (Å²) in [5.74, 6) is 2.47. The second kappa shape index (κ2) is 4.47. The summed E-state index contributed by atoms with van der Waals surface area (Å²) in [4.78, 5) is 28.6. The van der Waals surface area contributed by atoms with Gasteiger partial charge in [0.2, 0.25) is 5.56 Å². The first-order chi connectivity index (χ1) is 9.69. The third kappa shape index (κ3) is 1.98. The Labute approximate surface area is 118 Å². The Bertz CT molecular complexity index is 560. The minimum Gasteiger partial charge on any atom is -0.335 e. The molecule has 1 amide bonds. The Morgan fingerprint density at radius 2 is 1.75 bits per heavy atom. The highest BCUT2D eigenvalue weighted by atomic mass is 16.2. The van der Waals surface area contributed by atoms with Crippen LogP contribution in [0.25, 0.3) is 0 Å². The number of nitrogens with one attached hydrogen (secondary N) is 1. The molecule has 2 aliphatic carbocycles. The Balaban J connectivity index is 1.63. The van der Waals surface area contributed by atoms with Gasteiger partial charge in [0.15, 0.2) is 0 Å². The molecule has 5 rings (SSSR count). The number of aromatic nitrogens is 1. The zero-order chi connectivity index (χ0) is 13.7. The van der Waals surface area contributed by atoms with E-state index in [-0.39, 0.29) is 11.5 Å². The molecule has 2 atom stereocenters. The molecule has 3 heterocycles. The molecule has 4 bridgehead atoms. The smallest absolute Gasteiger partial charge is 0.255 e. The Morgan fingerprint density at radius 1 is 1.05 bits per heavy atom. The Hall–Kier alpha value is -1.58. The maximum absolute atomic E-state index is 12.7. The molecular weight excluding hydrogens is 252 g/mol. The van der Waals surface area contributed by atoms with Gasteiger partial charge >= 0.3 is 0 Å². The van der Waals surface area contributed by atoms with E-state index in [0.717, 1.165) is 18.4 Å². The van der Waals surface area contributed by atoms with Crippen molar-refractivity contribution in [3.8, 4) is 0 Å². The quantitative estimate of drug-likeness (QED) is 0.850. The maximum Gasteiger partial charge on any atom is 0.255 e. The van der Waals surface area contributed by atoms with Crippen LogP contribution in [0, 0.1) is 17.8 Å². The molecule has 0 aromatic carbocycles. The first-order valence-electron chi connectivity index (χ1n) is 7.69. The van der Waals surface area contributed by atoms with Crippen molar-refractivity contribution in [2.45, 2.75) is 38.1 Å². The van der Waals surface area contributed by atoms with E-state index in [1.54, 1.807) is 12.3 Å². The molecule has 1 N–H and O–H groups in total. The van der Waals surface area contributed by atoms with Crippen molar-refractivity contribution in [2.24, 2.45) is 17.8 Å². The van der Waals surface area contributed by atoms with Gasteiger partial charge in [-0.3, -0.25) is 9.59 Å². The second-order valence-corrected chi connectivity index (χ2v) is 6.83. The largest absolute Gasteiger partial charge is 0.335 e.